The van der Waals surface area contributed by atoms with Crippen LogP contribution in [-0.2, 0) is 4.79 Å². The maximum Gasteiger partial charge on any atom is 0.129 e. The third-order valence-electron chi connectivity index (χ3n) is 2.35. The molecule has 2 heteroatoms. The molecule has 1 atom stereocenters. The molecule has 12 heavy (non-hydrogen) atoms. The highest BCUT2D eigenvalue weighted by Crippen LogP contribution is 2.20. The van der Waals surface area contributed by atoms with Gasteiger partial charge >= 0.3 is 0 Å². The Morgan fingerprint density at radius 2 is 1.92 bits per heavy atom. The Hall–Kier alpha value is -0.370. The van der Waals surface area contributed by atoms with Crippen LogP contribution in [-0.4, -0.2) is 12.3 Å². The van der Waals surface area contributed by atoms with Gasteiger partial charge in [-0.05, 0) is 38.1 Å². The van der Waals surface area contributed by atoms with Gasteiger partial charge in [0.25, 0.3) is 0 Å². The Morgan fingerprint density at radius 3 is 2.25 bits per heavy atom. The fourth-order valence-corrected chi connectivity index (χ4v) is 1.41. The minimum absolute atomic E-state index is 0.290. The van der Waals surface area contributed by atoms with E-state index in [0.717, 1.165) is 19.4 Å². The molecule has 0 spiro atoms. The molecule has 0 aromatic rings. The molecule has 0 aromatic carbocycles. The fourth-order valence-electron chi connectivity index (χ4n) is 1.41. The van der Waals surface area contributed by atoms with Crippen LogP contribution in [0.2, 0.25) is 0 Å². The lowest BCUT2D eigenvalue weighted by Crippen LogP contribution is -2.15. The van der Waals surface area contributed by atoms with Gasteiger partial charge in [-0.2, -0.15) is 0 Å². The van der Waals surface area contributed by atoms with Crippen molar-refractivity contribution in [3.63, 3.8) is 0 Å². The molecule has 0 aliphatic rings. The first kappa shape index (κ1) is 11.6. The Balaban J connectivity index is 3.70. The minimum atomic E-state index is 0.290. The predicted molar refractivity (Wildman–Crippen MR) is 51.9 cm³/mol. The number of hydrogen-bond acceptors (Lipinski definition) is 2. The van der Waals surface area contributed by atoms with E-state index in [4.69, 9.17) is 5.73 Å². The summed E-state index contributed by atoms with van der Waals surface area (Å²) in [5.74, 6) is 1.56. The van der Waals surface area contributed by atoms with Gasteiger partial charge < -0.3 is 10.5 Å². The van der Waals surface area contributed by atoms with Gasteiger partial charge in [-0.25, -0.2) is 0 Å². The monoisotopic (exact) mass is 171 g/mol. The Bertz CT molecular complexity index is 132. The first-order chi connectivity index (χ1) is 5.57. The summed E-state index contributed by atoms with van der Waals surface area (Å²) in [5, 5.41) is 0. The van der Waals surface area contributed by atoms with Gasteiger partial charge in [0.2, 0.25) is 0 Å². The second-order valence-electron chi connectivity index (χ2n) is 3.82. The van der Waals surface area contributed by atoms with Crippen molar-refractivity contribution in [2.24, 2.45) is 17.6 Å². The van der Waals surface area contributed by atoms with Gasteiger partial charge in [-0.1, -0.05) is 13.8 Å². The Morgan fingerprint density at radius 1 is 1.33 bits per heavy atom. The molecule has 2 N–H and O–H groups in total. The van der Waals surface area contributed by atoms with Crippen molar-refractivity contribution >= 4 is 5.78 Å². The average Bonchev–Trinajstić information content (AvgIpc) is 1.96. The van der Waals surface area contributed by atoms with E-state index in [-0.39, 0.29) is 5.78 Å². The zero-order valence-electron chi connectivity index (χ0n) is 8.47. The SMILES string of the molecule is CC(=O)CCC(CCN)C(C)C. The van der Waals surface area contributed by atoms with Crippen LogP contribution in [0.25, 0.3) is 0 Å². The van der Waals surface area contributed by atoms with Crippen LogP contribution < -0.4 is 5.73 Å². The summed E-state index contributed by atoms with van der Waals surface area (Å²) in [6.07, 6.45) is 2.76. The summed E-state index contributed by atoms with van der Waals surface area (Å²) < 4.78 is 0. The molecular weight excluding hydrogens is 150 g/mol. The van der Waals surface area contributed by atoms with Gasteiger partial charge in [-0.3, -0.25) is 0 Å². The molecule has 0 bridgehead atoms. The van der Waals surface area contributed by atoms with Crippen LogP contribution in [0.15, 0.2) is 0 Å². The third-order valence-corrected chi connectivity index (χ3v) is 2.35. The lowest BCUT2D eigenvalue weighted by molar-refractivity contribution is -0.117. The predicted octanol–water partition coefficient (Wildman–Crippen LogP) is 1.98. The van der Waals surface area contributed by atoms with Crippen LogP contribution in [0.1, 0.15) is 40.0 Å². The topological polar surface area (TPSA) is 43.1 Å². The molecule has 0 aliphatic carbocycles. The van der Waals surface area contributed by atoms with Gasteiger partial charge in [0, 0.05) is 6.42 Å². The summed E-state index contributed by atoms with van der Waals surface area (Å²) >= 11 is 0. The van der Waals surface area contributed by atoms with Crippen molar-refractivity contribution in [3.05, 3.63) is 0 Å². The third kappa shape index (κ3) is 5.30. The fraction of sp³-hybridized carbons (Fsp3) is 0.900. The highest BCUT2D eigenvalue weighted by atomic mass is 16.1. The van der Waals surface area contributed by atoms with E-state index in [9.17, 15) is 4.79 Å². The molecule has 0 fully saturated rings. The lowest BCUT2D eigenvalue weighted by Gasteiger charge is -2.18. The number of nitrogens with two attached hydrogens (primary N) is 1. The number of Topliss-reactive ketones (excluding diaryl/α,β-unsaturated/α-hetero) is 1. The molecule has 0 aromatic heterocycles. The van der Waals surface area contributed by atoms with Gasteiger partial charge in [0.15, 0.2) is 0 Å². The molecule has 0 saturated heterocycles. The van der Waals surface area contributed by atoms with Crippen molar-refractivity contribution in [1.82, 2.24) is 0 Å². The highest BCUT2D eigenvalue weighted by Gasteiger charge is 2.12. The van der Waals surface area contributed by atoms with Crippen LogP contribution in [0.3, 0.4) is 0 Å². The van der Waals surface area contributed by atoms with E-state index in [0.29, 0.717) is 18.3 Å². The van der Waals surface area contributed by atoms with Crippen LogP contribution in [0.5, 0.6) is 0 Å². The molecule has 0 aliphatic heterocycles. The second kappa shape index (κ2) is 6.18. The Kier molecular flexibility index (Phi) is 5.99. The first-order valence-electron chi connectivity index (χ1n) is 4.77. The Labute approximate surface area is 75.5 Å². The van der Waals surface area contributed by atoms with Crippen LogP contribution >= 0.6 is 0 Å². The molecule has 0 saturated carbocycles. The maximum absolute atomic E-state index is 10.7. The van der Waals surface area contributed by atoms with E-state index in [1.807, 2.05) is 0 Å². The van der Waals surface area contributed by atoms with Gasteiger partial charge in [0.05, 0.1) is 0 Å². The quantitative estimate of drug-likeness (QED) is 0.664. The van der Waals surface area contributed by atoms with E-state index in [1.54, 1.807) is 6.92 Å². The number of hydrogen-bond donors (Lipinski definition) is 1. The first-order valence-corrected chi connectivity index (χ1v) is 4.77. The number of rotatable bonds is 6. The van der Waals surface area contributed by atoms with Gasteiger partial charge in [-0.15, -0.1) is 0 Å². The van der Waals surface area contributed by atoms with Crippen LogP contribution in [0, 0.1) is 11.8 Å². The van der Waals surface area contributed by atoms with E-state index >= 15 is 0 Å². The molecular formula is C10H21NO. The summed E-state index contributed by atoms with van der Waals surface area (Å²) in [6, 6.07) is 0. The van der Waals surface area contributed by atoms with Crippen molar-refractivity contribution in [2.75, 3.05) is 6.54 Å². The average molecular weight is 171 g/mol. The lowest BCUT2D eigenvalue weighted by atomic mass is 9.88. The van der Waals surface area contributed by atoms with Crippen molar-refractivity contribution < 1.29 is 4.79 Å². The van der Waals surface area contributed by atoms with Gasteiger partial charge in [0.1, 0.15) is 5.78 Å². The molecule has 0 rings (SSSR count). The largest absolute Gasteiger partial charge is 0.330 e. The molecule has 0 radical (unpaired) electrons. The summed E-state index contributed by atoms with van der Waals surface area (Å²) in [7, 11) is 0. The molecule has 0 amide bonds. The van der Waals surface area contributed by atoms with Crippen LogP contribution in [0.4, 0.5) is 0 Å². The maximum atomic E-state index is 10.7. The van der Waals surface area contributed by atoms with Crippen molar-refractivity contribution in [1.29, 1.82) is 0 Å². The number of ketones is 1. The summed E-state index contributed by atoms with van der Waals surface area (Å²) in [6.45, 7) is 6.78. The van der Waals surface area contributed by atoms with Crippen molar-refractivity contribution in [2.45, 2.75) is 40.0 Å². The minimum Gasteiger partial charge on any atom is -0.330 e. The second-order valence-corrected chi connectivity index (χ2v) is 3.82. The van der Waals surface area contributed by atoms with E-state index in [1.165, 1.54) is 0 Å². The normalized spacial score (nSPS) is 13.4. The van der Waals surface area contributed by atoms with E-state index < -0.39 is 0 Å². The molecule has 72 valence electrons. The highest BCUT2D eigenvalue weighted by molar-refractivity contribution is 5.75. The standard InChI is InChI=1S/C10H21NO/c1-8(2)10(6-7-11)5-4-9(3)12/h8,10H,4-7,11H2,1-3H3. The molecule has 0 heterocycles. The molecule has 2 nitrogen and oxygen atoms in total. The number of carbonyl (C=O) groups excluding carboxylic acids is 1. The molecule has 1 unspecified atom stereocenters. The zero-order valence-corrected chi connectivity index (χ0v) is 8.47. The number of carbonyl (C=O) groups is 1. The summed E-state index contributed by atoms with van der Waals surface area (Å²) in [4.78, 5) is 10.7. The summed E-state index contributed by atoms with van der Waals surface area (Å²) in [5.41, 5.74) is 5.49. The van der Waals surface area contributed by atoms with Crippen molar-refractivity contribution in [3.8, 4) is 0 Å². The smallest absolute Gasteiger partial charge is 0.129 e. The van der Waals surface area contributed by atoms with E-state index in [2.05, 4.69) is 13.8 Å². The zero-order chi connectivity index (χ0) is 9.56.